The Morgan fingerprint density at radius 1 is 1.30 bits per heavy atom. The van der Waals surface area contributed by atoms with Crippen molar-refractivity contribution in [3.8, 4) is 5.75 Å². The lowest BCUT2D eigenvalue weighted by atomic mass is 10.2. The average Bonchev–Trinajstić information content (AvgIpc) is 2.53. The highest BCUT2D eigenvalue weighted by Gasteiger charge is 2.27. The number of para-hydroxylation sites is 1. The number of nitrogens with zero attached hydrogens (tertiary/aromatic N) is 1. The molecule has 2 aromatic carbocycles. The summed E-state index contributed by atoms with van der Waals surface area (Å²) in [5.41, 5.74) is 1.52. The highest BCUT2D eigenvalue weighted by atomic mass is 35.5. The molecule has 0 N–H and O–H groups in total. The molecule has 4 nitrogen and oxygen atoms in total. The second-order valence-corrected chi connectivity index (χ2v) is 6.57. The molecule has 0 aliphatic carbocycles. The van der Waals surface area contributed by atoms with Gasteiger partial charge in [0.2, 0.25) is 5.91 Å². The van der Waals surface area contributed by atoms with Gasteiger partial charge in [-0.3, -0.25) is 9.69 Å². The van der Waals surface area contributed by atoms with Crippen LogP contribution in [0.3, 0.4) is 0 Å². The minimum absolute atomic E-state index is 0.0986. The number of ether oxygens (including phenoxy) is 1. The molecule has 0 saturated heterocycles. The highest BCUT2D eigenvalue weighted by molar-refractivity contribution is 8.00. The van der Waals surface area contributed by atoms with Gasteiger partial charge in [0.1, 0.15) is 12.3 Å². The van der Waals surface area contributed by atoms with Crippen molar-refractivity contribution in [2.75, 3.05) is 17.2 Å². The molecule has 23 heavy (non-hydrogen) atoms. The van der Waals surface area contributed by atoms with Gasteiger partial charge in [0.15, 0.2) is 0 Å². The SMILES string of the molecule is Cc1cc(Cl)ccc1OC(=O)CN1C(=O)CSc2ccccc21. The fourth-order valence-corrected chi connectivity index (χ4v) is 3.50. The van der Waals surface area contributed by atoms with E-state index in [2.05, 4.69) is 0 Å². The van der Waals surface area contributed by atoms with Gasteiger partial charge in [-0.15, -0.1) is 11.8 Å². The van der Waals surface area contributed by atoms with Crippen molar-refractivity contribution in [2.24, 2.45) is 0 Å². The zero-order valence-electron chi connectivity index (χ0n) is 12.4. The van der Waals surface area contributed by atoms with Gasteiger partial charge in [-0.05, 0) is 42.8 Å². The second kappa shape index (κ2) is 6.64. The van der Waals surface area contributed by atoms with Gasteiger partial charge in [-0.25, -0.2) is 4.79 Å². The predicted octanol–water partition coefficient (Wildman–Crippen LogP) is 3.69. The van der Waals surface area contributed by atoms with E-state index in [0.717, 1.165) is 16.1 Å². The lowest BCUT2D eigenvalue weighted by molar-refractivity contribution is -0.134. The number of fused-ring (bicyclic) bond motifs is 1. The van der Waals surface area contributed by atoms with Crippen LogP contribution in [0, 0.1) is 6.92 Å². The number of benzene rings is 2. The van der Waals surface area contributed by atoms with Gasteiger partial charge < -0.3 is 4.74 Å². The quantitative estimate of drug-likeness (QED) is 0.627. The number of hydrogen-bond donors (Lipinski definition) is 0. The van der Waals surface area contributed by atoms with E-state index in [0.29, 0.717) is 16.5 Å². The molecule has 0 radical (unpaired) electrons. The van der Waals surface area contributed by atoms with E-state index in [-0.39, 0.29) is 12.5 Å². The monoisotopic (exact) mass is 347 g/mol. The molecule has 0 spiro atoms. The number of aryl methyl sites for hydroxylation is 1. The number of rotatable bonds is 3. The van der Waals surface area contributed by atoms with Crippen LogP contribution < -0.4 is 9.64 Å². The standard InChI is InChI=1S/C17H14ClNO3S/c1-11-8-12(18)6-7-14(11)22-17(21)9-19-13-4-2-3-5-15(13)23-10-16(19)20/h2-8H,9-10H2,1H3. The Morgan fingerprint density at radius 2 is 2.09 bits per heavy atom. The van der Waals surface area contributed by atoms with Crippen LogP contribution >= 0.6 is 23.4 Å². The van der Waals surface area contributed by atoms with Crippen molar-refractivity contribution >= 4 is 40.9 Å². The van der Waals surface area contributed by atoms with Crippen molar-refractivity contribution in [1.82, 2.24) is 0 Å². The molecule has 2 aromatic rings. The molecule has 1 heterocycles. The van der Waals surface area contributed by atoms with Crippen molar-refractivity contribution in [2.45, 2.75) is 11.8 Å². The molecule has 0 saturated carbocycles. The third-order valence-corrected chi connectivity index (χ3v) is 4.74. The van der Waals surface area contributed by atoms with Gasteiger partial charge in [-0.1, -0.05) is 23.7 Å². The highest BCUT2D eigenvalue weighted by Crippen LogP contribution is 2.34. The molecule has 0 unspecified atom stereocenters. The van der Waals surface area contributed by atoms with E-state index in [1.165, 1.54) is 16.7 Å². The number of anilines is 1. The smallest absolute Gasteiger partial charge is 0.331 e. The van der Waals surface area contributed by atoms with Crippen molar-refractivity contribution in [3.05, 3.63) is 53.1 Å². The fraction of sp³-hybridized carbons (Fsp3) is 0.176. The average molecular weight is 348 g/mol. The first kappa shape index (κ1) is 15.9. The van der Waals surface area contributed by atoms with Crippen LogP contribution in [0.25, 0.3) is 0 Å². The maximum Gasteiger partial charge on any atom is 0.331 e. The van der Waals surface area contributed by atoms with Crippen LogP contribution in [0.15, 0.2) is 47.4 Å². The Labute approximate surface area is 143 Å². The van der Waals surface area contributed by atoms with E-state index in [1.807, 2.05) is 31.2 Å². The molecule has 0 fully saturated rings. The molecule has 3 rings (SSSR count). The third-order valence-electron chi connectivity index (χ3n) is 3.46. The zero-order valence-corrected chi connectivity index (χ0v) is 14.0. The number of amides is 1. The van der Waals surface area contributed by atoms with E-state index in [9.17, 15) is 9.59 Å². The Bertz CT molecular complexity index is 778. The van der Waals surface area contributed by atoms with Crippen LogP contribution in [0.5, 0.6) is 5.75 Å². The summed E-state index contributed by atoms with van der Waals surface area (Å²) in [6, 6.07) is 12.6. The first-order valence-corrected chi connectivity index (χ1v) is 8.40. The van der Waals surface area contributed by atoms with E-state index >= 15 is 0 Å². The number of esters is 1. The van der Waals surface area contributed by atoms with Crippen LogP contribution in [-0.4, -0.2) is 24.2 Å². The summed E-state index contributed by atoms with van der Waals surface area (Å²) >= 11 is 7.37. The number of thioether (sulfide) groups is 1. The summed E-state index contributed by atoms with van der Waals surface area (Å²) in [6.45, 7) is 1.70. The maximum atomic E-state index is 12.2. The summed E-state index contributed by atoms with van der Waals surface area (Å²) in [7, 11) is 0. The number of hydrogen-bond acceptors (Lipinski definition) is 4. The molecule has 0 bridgehead atoms. The minimum atomic E-state index is -0.481. The number of carbonyl (C=O) groups is 2. The van der Waals surface area contributed by atoms with Crippen LogP contribution in [0.4, 0.5) is 5.69 Å². The third kappa shape index (κ3) is 3.51. The van der Waals surface area contributed by atoms with E-state index in [4.69, 9.17) is 16.3 Å². The van der Waals surface area contributed by atoms with Crippen molar-refractivity contribution in [3.63, 3.8) is 0 Å². The second-order valence-electron chi connectivity index (χ2n) is 5.12. The van der Waals surface area contributed by atoms with Gasteiger partial charge in [0, 0.05) is 9.92 Å². The Kier molecular flexibility index (Phi) is 4.59. The fourth-order valence-electron chi connectivity index (χ4n) is 2.34. The molecule has 0 aromatic heterocycles. The van der Waals surface area contributed by atoms with Crippen LogP contribution in [-0.2, 0) is 9.59 Å². The molecule has 6 heteroatoms. The molecular weight excluding hydrogens is 334 g/mol. The lowest BCUT2D eigenvalue weighted by Crippen LogP contribution is -2.40. The summed E-state index contributed by atoms with van der Waals surface area (Å²) < 4.78 is 5.37. The van der Waals surface area contributed by atoms with Crippen LogP contribution in [0.1, 0.15) is 5.56 Å². The largest absolute Gasteiger partial charge is 0.425 e. The molecule has 1 aliphatic heterocycles. The molecule has 1 amide bonds. The minimum Gasteiger partial charge on any atom is -0.425 e. The first-order chi connectivity index (χ1) is 11.0. The van der Waals surface area contributed by atoms with Gasteiger partial charge in [0.05, 0.1) is 11.4 Å². The molecule has 0 atom stereocenters. The maximum absolute atomic E-state index is 12.2. The van der Waals surface area contributed by atoms with Gasteiger partial charge >= 0.3 is 5.97 Å². The lowest BCUT2D eigenvalue weighted by Gasteiger charge is -2.28. The Hall–Kier alpha value is -1.98. The van der Waals surface area contributed by atoms with Gasteiger partial charge in [-0.2, -0.15) is 0 Å². The van der Waals surface area contributed by atoms with Crippen molar-refractivity contribution in [1.29, 1.82) is 0 Å². The number of halogens is 1. The number of carbonyl (C=O) groups excluding carboxylic acids is 2. The van der Waals surface area contributed by atoms with E-state index in [1.54, 1.807) is 18.2 Å². The molecule has 1 aliphatic rings. The zero-order chi connectivity index (χ0) is 16.4. The predicted molar refractivity (Wildman–Crippen MR) is 91.3 cm³/mol. The normalized spacial score (nSPS) is 13.7. The Balaban J connectivity index is 1.76. The Morgan fingerprint density at radius 3 is 2.87 bits per heavy atom. The summed E-state index contributed by atoms with van der Waals surface area (Å²) in [5.74, 6) is 0.194. The van der Waals surface area contributed by atoms with E-state index < -0.39 is 5.97 Å². The van der Waals surface area contributed by atoms with Crippen LogP contribution in [0.2, 0.25) is 5.02 Å². The summed E-state index contributed by atoms with van der Waals surface area (Å²) in [5, 5.41) is 0.583. The van der Waals surface area contributed by atoms with Gasteiger partial charge in [0.25, 0.3) is 0 Å². The van der Waals surface area contributed by atoms with Crippen molar-refractivity contribution < 1.29 is 14.3 Å². The topological polar surface area (TPSA) is 46.6 Å². The summed E-state index contributed by atoms with van der Waals surface area (Å²) in [4.78, 5) is 26.8. The summed E-state index contributed by atoms with van der Waals surface area (Å²) in [6.07, 6.45) is 0. The molecular formula is C17H14ClNO3S. The molecule has 118 valence electrons. The first-order valence-electron chi connectivity index (χ1n) is 7.03.